The first-order valence-electron chi connectivity index (χ1n) is 8.28. The van der Waals surface area contributed by atoms with E-state index in [1.807, 2.05) is 6.92 Å². The molecule has 3 heterocycles. The van der Waals surface area contributed by atoms with Crippen molar-refractivity contribution >= 4 is 55.0 Å². The average molecular weight is 490 g/mol. The smallest absolute Gasteiger partial charge is 0.365 e. The van der Waals surface area contributed by atoms with Crippen molar-refractivity contribution in [2.24, 2.45) is 5.73 Å². The first kappa shape index (κ1) is 21.2. The van der Waals surface area contributed by atoms with E-state index in [-0.39, 0.29) is 39.3 Å². The predicted octanol–water partition coefficient (Wildman–Crippen LogP) is 4.02. The Kier molecular flexibility index (Phi) is 5.68. The van der Waals surface area contributed by atoms with Crippen molar-refractivity contribution in [1.29, 1.82) is 0 Å². The standard InChI is InChI=1S/C17H15BrF3N5O2S/c1-7-5-10(17(19,20)21)24-16-12(7)13(14(29-16)15(22)28)25-11(27)3-4-26-8(2)9(18)6-23-26/h5-6H,3-4H2,1-2H3,(H2,22,28)(H,25,27). The van der Waals surface area contributed by atoms with Gasteiger partial charge in [-0.3, -0.25) is 14.3 Å². The van der Waals surface area contributed by atoms with Crippen molar-refractivity contribution in [3.63, 3.8) is 0 Å². The third-order valence-electron chi connectivity index (χ3n) is 4.23. The first-order valence-corrected chi connectivity index (χ1v) is 9.89. The number of hydrogen-bond donors (Lipinski definition) is 2. The Morgan fingerprint density at radius 2 is 2.03 bits per heavy atom. The molecule has 0 aliphatic heterocycles. The van der Waals surface area contributed by atoms with Gasteiger partial charge in [0.1, 0.15) is 15.4 Å². The lowest BCUT2D eigenvalue weighted by Crippen LogP contribution is -2.18. The van der Waals surface area contributed by atoms with Crippen molar-refractivity contribution in [1.82, 2.24) is 14.8 Å². The van der Waals surface area contributed by atoms with E-state index in [0.717, 1.165) is 16.2 Å². The Hall–Kier alpha value is -2.47. The maximum absolute atomic E-state index is 13.0. The molecule has 0 aromatic carbocycles. The van der Waals surface area contributed by atoms with Gasteiger partial charge in [0.15, 0.2) is 0 Å². The molecule has 0 spiro atoms. The Labute approximate surface area is 175 Å². The summed E-state index contributed by atoms with van der Waals surface area (Å²) in [6, 6.07) is 0.875. The summed E-state index contributed by atoms with van der Waals surface area (Å²) in [6.07, 6.45) is -2.98. The summed E-state index contributed by atoms with van der Waals surface area (Å²) in [4.78, 5) is 27.8. The van der Waals surface area contributed by atoms with Crippen LogP contribution in [0.25, 0.3) is 10.2 Å². The zero-order valence-corrected chi connectivity index (χ0v) is 17.6. The van der Waals surface area contributed by atoms with Gasteiger partial charge in [0.05, 0.1) is 22.9 Å². The van der Waals surface area contributed by atoms with Gasteiger partial charge in [-0.25, -0.2) is 4.98 Å². The average Bonchev–Trinajstić information content (AvgIpc) is 3.14. The van der Waals surface area contributed by atoms with Crippen LogP contribution >= 0.6 is 27.3 Å². The fourth-order valence-corrected chi connectivity index (χ4v) is 4.13. The van der Waals surface area contributed by atoms with Crippen molar-refractivity contribution in [2.75, 3.05) is 5.32 Å². The van der Waals surface area contributed by atoms with Crippen LogP contribution in [-0.2, 0) is 17.5 Å². The number of aryl methyl sites for hydroxylation is 2. The fourth-order valence-electron chi connectivity index (χ4n) is 2.78. The monoisotopic (exact) mass is 489 g/mol. The molecule has 0 radical (unpaired) electrons. The van der Waals surface area contributed by atoms with Gasteiger partial charge in [0.2, 0.25) is 5.91 Å². The minimum Gasteiger partial charge on any atom is -0.365 e. The van der Waals surface area contributed by atoms with Gasteiger partial charge in [-0.2, -0.15) is 18.3 Å². The van der Waals surface area contributed by atoms with Crippen molar-refractivity contribution in [2.45, 2.75) is 33.0 Å². The summed E-state index contributed by atoms with van der Waals surface area (Å²) in [6.45, 7) is 3.57. The number of carbonyl (C=O) groups is 2. The number of nitrogens with two attached hydrogens (primary N) is 1. The number of halogens is 4. The van der Waals surface area contributed by atoms with Gasteiger partial charge in [-0.05, 0) is 41.4 Å². The molecule has 154 valence electrons. The molecule has 0 aliphatic carbocycles. The lowest BCUT2D eigenvalue weighted by molar-refractivity contribution is -0.141. The van der Waals surface area contributed by atoms with Crippen LogP contribution in [0.3, 0.4) is 0 Å². The minimum atomic E-state index is -4.63. The van der Waals surface area contributed by atoms with Crippen molar-refractivity contribution in [3.05, 3.63) is 38.6 Å². The third kappa shape index (κ3) is 4.27. The molecule has 0 atom stereocenters. The second-order valence-electron chi connectivity index (χ2n) is 6.27. The number of nitrogens with one attached hydrogen (secondary N) is 1. The van der Waals surface area contributed by atoms with Crippen LogP contribution in [0.15, 0.2) is 16.7 Å². The van der Waals surface area contributed by atoms with Gasteiger partial charge < -0.3 is 11.1 Å². The number of hydrogen-bond acceptors (Lipinski definition) is 5. The van der Waals surface area contributed by atoms with E-state index in [1.54, 1.807) is 10.9 Å². The molecule has 3 aromatic rings. The van der Waals surface area contributed by atoms with Crippen LogP contribution in [0.1, 0.15) is 33.0 Å². The van der Waals surface area contributed by atoms with Gasteiger partial charge in [-0.1, -0.05) is 0 Å². The maximum Gasteiger partial charge on any atom is 0.433 e. The molecule has 2 amide bonds. The second kappa shape index (κ2) is 7.75. The number of thiophene rings is 1. The Morgan fingerprint density at radius 3 is 2.59 bits per heavy atom. The van der Waals surface area contributed by atoms with Gasteiger partial charge in [0.25, 0.3) is 5.91 Å². The van der Waals surface area contributed by atoms with Gasteiger partial charge in [-0.15, -0.1) is 11.3 Å². The Bertz CT molecular complexity index is 1120. The summed E-state index contributed by atoms with van der Waals surface area (Å²) in [5.74, 6) is -1.29. The highest BCUT2D eigenvalue weighted by Crippen LogP contribution is 2.39. The molecule has 3 aromatic heterocycles. The van der Waals surface area contributed by atoms with Gasteiger partial charge >= 0.3 is 6.18 Å². The number of rotatable bonds is 5. The normalized spacial score (nSPS) is 11.8. The predicted molar refractivity (Wildman–Crippen MR) is 106 cm³/mol. The lowest BCUT2D eigenvalue weighted by Gasteiger charge is -2.10. The molecule has 3 N–H and O–H groups in total. The summed E-state index contributed by atoms with van der Waals surface area (Å²) < 4.78 is 41.5. The number of aromatic nitrogens is 3. The molecule has 0 aliphatic rings. The van der Waals surface area contributed by atoms with Crippen molar-refractivity contribution in [3.8, 4) is 0 Å². The van der Waals surface area contributed by atoms with Gasteiger partial charge in [0, 0.05) is 17.5 Å². The van der Waals surface area contributed by atoms with E-state index >= 15 is 0 Å². The number of amides is 2. The zero-order chi connectivity index (χ0) is 21.5. The lowest BCUT2D eigenvalue weighted by atomic mass is 10.1. The topological polar surface area (TPSA) is 103 Å². The fraction of sp³-hybridized carbons (Fsp3) is 0.294. The quantitative estimate of drug-likeness (QED) is 0.564. The number of alkyl halides is 3. The molecule has 0 fully saturated rings. The van der Waals surface area contributed by atoms with E-state index in [1.165, 1.54) is 6.92 Å². The van der Waals surface area contributed by atoms with Crippen molar-refractivity contribution < 1.29 is 22.8 Å². The van der Waals surface area contributed by atoms with Crippen LogP contribution in [0.2, 0.25) is 0 Å². The molecule has 7 nitrogen and oxygen atoms in total. The van der Waals surface area contributed by atoms with E-state index < -0.39 is 23.7 Å². The van der Waals surface area contributed by atoms with E-state index in [2.05, 4.69) is 31.3 Å². The van der Waals surface area contributed by atoms with Crippen LogP contribution in [0.5, 0.6) is 0 Å². The summed E-state index contributed by atoms with van der Waals surface area (Å²) >= 11 is 4.05. The maximum atomic E-state index is 13.0. The molecule has 3 rings (SSSR count). The molecule has 0 saturated carbocycles. The first-order chi connectivity index (χ1) is 13.5. The zero-order valence-electron chi connectivity index (χ0n) is 15.2. The summed E-state index contributed by atoms with van der Waals surface area (Å²) in [7, 11) is 0. The summed E-state index contributed by atoms with van der Waals surface area (Å²) in [5.41, 5.74) is 5.45. The second-order valence-corrected chi connectivity index (χ2v) is 8.13. The van der Waals surface area contributed by atoms with E-state index in [9.17, 15) is 22.8 Å². The molecule has 0 unspecified atom stereocenters. The third-order valence-corrected chi connectivity index (χ3v) is 6.11. The molecular formula is C17H15BrF3N5O2S. The van der Waals surface area contributed by atoms with E-state index in [0.29, 0.717) is 11.3 Å². The van der Waals surface area contributed by atoms with Crippen LogP contribution in [-0.4, -0.2) is 26.6 Å². The number of pyridine rings is 1. The molecule has 0 saturated heterocycles. The molecule has 0 bridgehead atoms. The summed E-state index contributed by atoms with van der Waals surface area (Å²) in [5, 5.41) is 7.00. The largest absolute Gasteiger partial charge is 0.433 e. The highest BCUT2D eigenvalue weighted by molar-refractivity contribution is 9.10. The SMILES string of the molecule is Cc1cc(C(F)(F)F)nc2sc(C(N)=O)c(NC(=O)CCn3ncc(Br)c3C)c12. The molecule has 29 heavy (non-hydrogen) atoms. The number of carbonyl (C=O) groups excluding carboxylic acids is 2. The Morgan fingerprint density at radius 1 is 1.34 bits per heavy atom. The minimum absolute atomic E-state index is 0.0201. The number of nitrogens with zero attached hydrogens (tertiary/aromatic N) is 3. The molecular weight excluding hydrogens is 475 g/mol. The number of fused-ring (bicyclic) bond motifs is 1. The van der Waals surface area contributed by atoms with Crippen LogP contribution in [0, 0.1) is 13.8 Å². The molecule has 12 heteroatoms. The van der Waals surface area contributed by atoms with Crippen LogP contribution < -0.4 is 11.1 Å². The number of anilines is 1. The Balaban J connectivity index is 1.93. The number of primary amides is 1. The highest BCUT2D eigenvalue weighted by atomic mass is 79.9. The van der Waals surface area contributed by atoms with E-state index in [4.69, 9.17) is 5.73 Å². The van der Waals surface area contributed by atoms with Crippen LogP contribution in [0.4, 0.5) is 18.9 Å². The highest BCUT2D eigenvalue weighted by Gasteiger charge is 2.34.